The predicted octanol–water partition coefficient (Wildman–Crippen LogP) is 2.93. The highest BCUT2D eigenvalue weighted by Gasteiger charge is 2.47. The van der Waals surface area contributed by atoms with Crippen LogP contribution >= 0.6 is 0 Å². The number of carbonyl (C=O) groups is 1. The van der Waals surface area contributed by atoms with Gasteiger partial charge in [0.05, 0.1) is 12.8 Å². The molecule has 0 aliphatic carbocycles. The second-order valence-electron chi connectivity index (χ2n) is 7.62. The number of hydrogen-bond acceptors (Lipinski definition) is 5. The first-order chi connectivity index (χ1) is 12.5. The molecule has 2 aliphatic rings. The molecule has 2 aliphatic heterocycles. The van der Waals surface area contributed by atoms with Crippen LogP contribution in [-0.4, -0.2) is 42.7 Å². The lowest BCUT2D eigenvalue weighted by molar-refractivity contribution is -0.117. The Morgan fingerprint density at radius 1 is 1.31 bits per heavy atom. The van der Waals surface area contributed by atoms with Gasteiger partial charge in [0, 0.05) is 48.8 Å². The molecule has 6 heteroatoms. The summed E-state index contributed by atoms with van der Waals surface area (Å²) >= 11 is 0. The van der Waals surface area contributed by atoms with Gasteiger partial charge < -0.3 is 14.2 Å². The largest absolute Gasteiger partial charge is 0.497 e. The average Bonchev–Trinajstić information content (AvgIpc) is 3.29. The van der Waals surface area contributed by atoms with Crippen LogP contribution in [0, 0.1) is 19.3 Å². The summed E-state index contributed by atoms with van der Waals surface area (Å²) in [5, 5.41) is 4.05. The maximum Gasteiger partial charge on any atom is 0.227 e. The van der Waals surface area contributed by atoms with Gasteiger partial charge in [-0.1, -0.05) is 11.2 Å². The minimum Gasteiger partial charge on any atom is -0.497 e. The fraction of sp³-hybridized carbons (Fsp3) is 0.500. The van der Waals surface area contributed by atoms with E-state index in [-0.39, 0.29) is 11.3 Å². The van der Waals surface area contributed by atoms with Crippen molar-refractivity contribution in [1.29, 1.82) is 0 Å². The van der Waals surface area contributed by atoms with Crippen LogP contribution in [0.5, 0.6) is 5.75 Å². The predicted molar refractivity (Wildman–Crippen MR) is 98.3 cm³/mol. The van der Waals surface area contributed by atoms with Crippen LogP contribution in [-0.2, 0) is 11.3 Å². The molecule has 2 saturated heterocycles. The van der Waals surface area contributed by atoms with E-state index in [0.29, 0.717) is 6.42 Å². The highest BCUT2D eigenvalue weighted by atomic mass is 16.5. The average molecular weight is 355 g/mol. The molecule has 6 nitrogen and oxygen atoms in total. The zero-order chi connectivity index (χ0) is 18.3. The highest BCUT2D eigenvalue weighted by Crippen LogP contribution is 2.42. The zero-order valence-corrected chi connectivity index (χ0v) is 15.6. The topological polar surface area (TPSA) is 58.8 Å². The van der Waals surface area contributed by atoms with Crippen molar-refractivity contribution in [1.82, 2.24) is 10.1 Å². The van der Waals surface area contributed by atoms with Gasteiger partial charge in [0.15, 0.2) is 0 Å². The van der Waals surface area contributed by atoms with Crippen molar-refractivity contribution in [2.75, 3.05) is 31.6 Å². The minimum atomic E-state index is 0.0408. The molecule has 0 saturated carbocycles. The monoisotopic (exact) mass is 355 g/mol. The molecular weight excluding hydrogens is 330 g/mol. The summed E-state index contributed by atoms with van der Waals surface area (Å²) in [5.41, 5.74) is 3.11. The van der Waals surface area contributed by atoms with Gasteiger partial charge in [0.25, 0.3) is 0 Å². The summed E-state index contributed by atoms with van der Waals surface area (Å²) in [5.74, 6) is 1.88. The van der Waals surface area contributed by atoms with Crippen molar-refractivity contribution in [3.05, 3.63) is 41.3 Å². The number of rotatable bonds is 4. The van der Waals surface area contributed by atoms with Crippen LogP contribution in [0.1, 0.15) is 29.9 Å². The first-order valence-corrected chi connectivity index (χ1v) is 9.08. The van der Waals surface area contributed by atoms with E-state index >= 15 is 0 Å². The summed E-state index contributed by atoms with van der Waals surface area (Å²) in [7, 11) is 1.65. The Bertz CT molecular complexity index is 812. The number of hydrogen-bond donors (Lipinski definition) is 0. The van der Waals surface area contributed by atoms with E-state index in [1.807, 2.05) is 43.0 Å². The minimum absolute atomic E-state index is 0.0408. The van der Waals surface area contributed by atoms with E-state index in [0.717, 1.165) is 55.5 Å². The molecule has 0 N–H and O–H groups in total. The van der Waals surface area contributed by atoms with Gasteiger partial charge in [-0.2, -0.15) is 0 Å². The molecule has 26 heavy (non-hydrogen) atoms. The van der Waals surface area contributed by atoms with Crippen molar-refractivity contribution in [2.45, 2.75) is 33.2 Å². The van der Waals surface area contributed by atoms with Crippen LogP contribution in [0.4, 0.5) is 5.69 Å². The van der Waals surface area contributed by atoms with E-state index in [2.05, 4.69) is 10.1 Å². The summed E-state index contributed by atoms with van der Waals surface area (Å²) < 4.78 is 10.6. The Hall–Kier alpha value is -2.34. The molecule has 1 aromatic carbocycles. The first-order valence-electron chi connectivity index (χ1n) is 9.08. The Morgan fingerprint density at radius 2 is 2.15 bits per heavy atom. The fourth-order valence-electron chi connectivity index (χ4n) is 4.30. The van der Waals surface area contributed by atoms with Crippen LogP contribution < -0.4 is 9.64 Å². The zero-order valence-electron chi connectivity index (χ0n) is 15.6. The number of ether oxygens (including phenoxy) is 1. The molecule has 1 spiro atoms. The van der Waals surface area contributed by atoms with Gasteiger partial charge in [-0.05, 0) is 38.9 Å². The molecule has 1 amide bonds. The van der Waals surface area contributed by atoms with Gasteiger partial charge >= 0.3 is 0 Å². The molecule has 1 unspecified atom stereocenters. The van der Waals surface area contributed by atoms with Gasteiger partial charge in [-0.3, -0.25) is 9.69 Å². The van der Waals surface area contributed by atoms with Gasteiger partial charge in [-0.25, -0.2) is 0 Å². The van der Waals surface area contributed by atoms with E-state index in [9.17, 15) is 4.79 Å². The van der Waals surface area contributed by atoms with E-state index < -0.39 is 0 Å². The number of likely N-dealkylation sites (tertiary alicyclic amines) is 1. The standard InChI is InChI=1S/C20H25N3O3/c1-14-18(15(2)26-21-14)11-22-8-7-20(12-22)10-19(24)23(13-20)16-5-4-6-17(9-16)25-3/h4-6,9H,7-8,10-13H2,1-3H3. The third kappa shape index (κ3) is 2.98. The van der Waals surface area contributed by atoms with E-state index in [1.54, 1.807) is 7.11 Å². The third-order valence-electron chi connectivity index (χ3n) is 5.77. The summed E-state index contributed by atoms with van der Waals surface area (Å²) in [4.78, 5) is 17.1. The van der Waals surface area contributed by atoms with Crippen LogP contribution in [0.15, 0.2) is 28.8 Å². The van der Waals surface area contributed by atoms with Crippen LogP contribution in [0.2, 0.25) is 0 Å². The molecule has 1 aromatic heterocycles. The quantitative estimate of drug-likeness (QED) is 0.844. The maximum atomic E-state index is 12.7. The SMILES string of the molecule is COc1cccc(N2CC3(CCN(Cc4c(C)noc4C)C3)CC2=O)c1. The van der Waals surface area contributed by atoms with Gasteiger partial charge in [-0.15, -0.1) is 0 Å². The Balaban J connectivity index is 1.48. The number of anilines is 1. The molecule has 3 heterocycles. The number of benzene rings is 1. The Labute approximate surface area is 153 Å². The van der Waals surface area contributed by atoms with Crippen LogP contribution in [0.3, 0.4) is 0 Å². The lowest BCUT2D eigenvalue weighted by Crippen LogP contribution is -2.31. The smallest absolute Gasteiger partial charge is 0.227 e. The summed E-state index contributed by atoms with van der Waals surface area (Å²) in [6, 6.07) is 7.76. The van der Waals surface area contributed by atoms with Crippen molar-refractivity contribution >= 4 is 11.6 Å². The molecule has 0 radical (unpaired) electrons. The number of aryl methyl sites for hydroxylation is 2. The second-order valence-corrected chi connectivity index (χ2v) is 7.62. The normalized spacial score (nSPS) is 23.3. The van der Waals surface area contributed by atoms with Gasteiger partial charge in [0.2, 0.25) is 5.91 Å². The van der Waals surface area contributed by atoms with E-state index in [1.165, 1.54) is 5.56 Å². The molecule has 2 aromatic rings. The summed E-state index contributed by atoms with van der Waals surface area (Å²) in [6.07, 6.45) is 1.66. The van der Waals surface area contributed by atoms with Crippen molar-refractivity contribution < 1.29 is 14.1 Å². The van der Waals surface area contributed by atoms with Crippen LogP contribution in [0.25, 0.3) is 0 Å². The Kier molecular flexibility index (Phi) is 4.23. The van der Waals surface area contributed by atoms with Crippen molar-refractivity contribution in [3.8, 4) is 5.75 Å². The lowest BCUT2D eigenvalue weighted by atomic mass is 9.86. The third-order valence-corrected chi connectivity index (χ3v) is 5.77. The fourth-order valence-corrected chi connectivity index (χ4v) is 4.30. The maximum absolute atomic E-state index is 12.7. The number of aromatic nitrogens is 1. The molecule has 138 valence electrons. The molecule has 0 bridgehead atoms. The molecule has 4 rings (SSSR count). The van der Waals surface area contributed by atoms with E-state index in [4.69, 9.17) is 9.26 Å². The number of nitrogens with zero attached hydrogens (tertiary/aromatic N) is 3. The number of carbonyl (C=O) groups excluding carboxylic acids is 1. The van der Waals surface area contributed by atoms with Gasteiger partial charge in [0.1, 0.15) is 11.5 Å². The lowest BCUT2D eigenvalue weighted by Gasteiger charge is -2.24. The Morgan fingerprint density at radius 3 is 2.88 bits per heavy atom. The highest BCUT2D eigenvalue weighted by molar-refractivity contribution is 5.96. The molecule has 2 fully saturated rings. The number of methoxy groups -OCH3 is 1. The second kappa shape index (κ2) is 6.43. The molecular formula is C20H25N3O3. The first kappa shape index (κ1) is 17.1. The summed E-state index contributed by atoms with van der Waals surface area (Å²) in [6.45, 7) is 7.51. The number of amides is 1. The molecule has 1 atom stereocenters. The van der Waals surface area contributed by atoms with Crippen molar-refractivity contribution in [3.63, 3.8) is 0 Å². The van der Waals surface area contributed by atoms with Crippen molar-refractivity contribution in [2.24, 2.45) is 5.41 Å².